The maximum Gasteiger partial charge on any atom is 0.118 e. The van der Waals surface area contributed by atoms with Crippen LogP contribution in [0.3, 0.4) is 0 Å². The van der Waals surface area contributed by atoms with Gasteiger partial charge in [-0.2, -0.15) is 5.10 Å². The zero-order valence-electron chi connectivity index (χ0n) is 13.6. The lowest BCUT2D eigenvalue weighted by Gasteiger charge is -2.24. The van der Waals surface area contributed by atoms with Gasteiger partial charge < -0.3 is 10.1 Å². The van der Waals surface area contributed by atoms with Crippen LogP contribution in [0.4, 0.5) is 0 Å². The predicted molar refractivity (Wildman–Crippen MR) is 88.9 cm³/mol. The summed E-state index contributed by atoms with van der Waals surface area (Å²) in [5.74, 6) is 0. The molecular formula is C17H20N6O. The molecule has 0 unspecified atom stereocenters. The van der Waals surface area contributed by atoms with Crippen molar-refractivity contribution in [3.05, 3.63) is 54.0 Å². The third-order valence-corrected chi connectivity index (χ3v) is 4.18. The summed E-state index contributed by atoms with van der Waals surface area (Å²) in [5, 5.41) is 16.2. The number of hydrogen-bond acceptors (Lipinski definition) is 5. The molecule has 0 saturated carbocycles. The van der Waals surface area contributed by atoms with Gasteiger partial charge in [-0.3, -0.25) is 4.68 Å². The third kappa shape index (κ3) is 3.08. The molecule has 1 N–H and O–H groups in total. The minimum absolute atomic E-state index is 0.0968. The van der Waals surface area contributed by atoms with Crippen LogP contribution >= 0.6 is 0 Å². The fraction of sp³-hybridized carbons (Fsp3) is 0.353. The molecule has 4 rings (SSSR count). The monoisotopic (exact) mass is 324 g/mol. The zero-order valence-corrected chi connectivity index (χ0v) is 13.6. The summed E-state index contributed by atoms with van der Waals surface area (Å²) in [7, 11) is 1.92. The van der Waals surface area contributed by atoms with Crippen molar-refractivity contribution in [2.24, 2.45) is 7.05 Å². The van der Waals surface area contributed by atoms with Crippen molar-refractivity contribution in [3.63, 3.8) is 0 Å². The molecule has 24 heavy (non-hydrogen) atoms. The first-order valence-corrected chi connectivity index (χ1v) is 8.07. The van der Waals surface area contributed by atoms with E-state index in [-0.39, 0.29) is 6.10 Å². The maximum atomic E-state index is 5.98. The molecule has 3 heterocycles. The van der Waals surface area contributed by atoms with E-state index in [1.807, 2.05) is 54.5 Å². The second-order valence-electron chi connectivity index (χ2n) is 6.02. The number of nitrogens with zero attached hydrogens (tertiary/aromatic N) is 5. The number of aryl methyl sites for hydroxylation is 1. The molecule has 0 radical (unpaired) electrons. The van der Waals surface area contributed by atoms with Gasteiger partial charge in [0.25, 0.3) is 0 Å². The summed E-state index contributed by atoms with van der Waals surface area (Å²) < 4.78 is 9.75. The Bertz CT molecular complexity index is 810. The molecule has 0 bridgehead atoms. The van der Waals surface area contributed by atoms with E-state index in [0.717, 1.165) is 36.6 Å². The highest BCUT2D eigenvalue weighted by Crippen LogP contribution is 2.24. The van der Waals surface area contributed by atoms with Gasteiger partial charge in [0.2, 0.25) is 0 Å². The van der Waals surface area contributed by atoms with E-state index in [4.69, 9.17) is 4.74 Å². The molecule has 7 heteroatoms. The van der Waals surface area contributed by atoms with Gasteiger partial charge in [-0.25, -0.2) is 4.68 Å². The van der Waals surface area contributed by atoms with Gasteiger partial charge in [0.05, 0.1) is 31.1 Å². The summed E-state index contributed by atoms with van der Waals surface area (Å²) in [6, 6.07) is 10.1. The molecule has 2 aromatic heterocycles. The first kappa shape index (κ1) is 15.0. The zero-order chi connectivity index (χ0) is 16.4. The van der Waals surface area contributed by atoms with Crippen molar-refractivity contribution < 1.29 is 4.74 Å². The molecule has 3 aromatic rings. The largest absolute Gasteiger partial charge is 0.369 e. The highest BCUT2D eigenvalue weighted by atomic mass is 16.5. The first-order chi connectivity index (χ1) is 11.8. The number of hydrogen-bond donors (Lipinski definition) is 1. The fourth-order valence-corrected chi connectivity index (χ4v) is 2.95. The van der Waals surface area contributed by atoms with E-state index in [1.54, 1.807) is 4.68 Å². The van der Waals surface area contributed by atoms with Crippen LogP contribution in [0.25, 0.3) is 11.3 Å². The molecule has 0 amide bonds. The predicted octanol–water partition coefficient (Wildman–Crippen LogP) is 1.37. The van der Waals surface area contributed by atoms with Crippen LogP contribution in [-0.4, -0.2) is 37.4 Å². The second kappa shape index (κ2) is 6.54. The highest BCUT2D eigenvalue weighted by molar-refractivity contribution is 5.61. The van der Waals surface area contributed by atoms with E-state index < -0.39 is 0 Å². The molecule has 1 aromatic carbocycles. The van der Waals surface area contributed by atoms with Gasteiger partial charge in [-0.1, -0.05) is 35.5 Å². The molecule has 0 saturated heterocycles. The quantitative estimate of drug-likeness (QED) is 0.767. The number of aromatic nitrogens is 5. The van der Waals surface area contributed by atoms with Crippen LogP contribution in [0.2, 0.25) is 0 Å². The van der Waals surface area contributed by atoms with Crippen LogP contribution in [0.15, 0.2) is 42.7 Å². The van der Waals surface area contributed by atoms with Crippen molar-refractivity contribution in [2.45, 2.75) is 25.8 Å². The Hall–Kier alpha value is -2.51. The summed E-state index contributed by atoms with van der Waals surface area (Å²) >= 11 is 0. The van der Waals surface area contributed by atoms with E-state index in [9.17, 15) is 0 Å². The van der Waals surface area contributed by atoms with Gasteiger partial charge in [-0.15, -0.1) is 5.10 Å². The van der Waals surface area contributed by atoms with E-state index >= 15 is 0 Å². The van der Waals surface area contributed by atoms with Crippen LogP contribution in [-0.2, 0) is 31.5 Å². The fourth-order valence-electron chi connectivity index (χ4n) is 2.95. The number of fused-ring (bicyclic) bond motifs is 1. The molecule has 1 aliphatic heterocycles. The lowest BCUT2D eigenvalue weighted by atomic mass is 10.1. The van der Waals surface area contributed by atoms with Gasteiger partial charge in [0.1, 0.15) is 5.69 Å². The van der Waals surface area contributed by atoms with Crippen LogP contribution in [0.5, 0.6) is 0 Å². The van der Waals surface area contributed by atoms with Crippen LogP contribution in [0, 0.1) is 0 Å². The summed E-state index contributed by atoms with van der Waals surface area (Å²) in [4.78, 5) is 0. The van der Waals surface area contributed by atoms with E-state index in [0.29, 0.717) is 6.61 Å². The minimum atomic E-state index is 0.0968. The average molecular weight is 324 g/mol. The Morgan fingerprint density at radius 3 is 2.96 bits per heavy atom. The van der Waals surface area contributed by atoms with Gasteiger partial charge in [0, 0.05) is 37.5 Å². The molecule has 1 aliphatic rings. The molecule has 0 spiro atoms. The van der Waals surface area contributed by atoms with Crippen molar-refractivity contribution >= 4 is 0 Å². The Labute approximate surface area is 140 Å². The topological polar surface area (TPSA) is 69.8 Å². The SMILES string of the molecule is Cn1cc(CNC[C@H]2Cn3nnc(-c4ccccc4)c3CO2)cn1. The van der Waals surface area contributed by atoms with Crippen LogP contribution in [0.1, 0.15) is 11.3 Å². The van der Waals surface area contributed by atoms with Crippen molar-refractivity contribution in [1.82, 2.24) is 30.1 Å². The number of rotatable bonds is 5. The van der Waals surface area contributed by atoms with E-state index in [2.05, 4.69) is 20.7 Å². The van der Waals surface area contributed by atoms with Gasteiger partial charge in [-0.05, 0) is 0 Å². The van der Waals surface area contributed by atoms with Gasteiger partial charge >= 0.3 is 0 Å². The smallest absolute Gasteiger partial charge is 0.118 e. The lowest BCUT2D eigenvalue weighted by molar-refractivity contribution is 0.00125. The Kier molecular flexibility index (Phi) is 4.10. The third-order valence-electron chi connectivity index (χ3n) is 4.18. The first-order valence-electron chi connectivity index (χ1n) is 8.07. The van der Waals surface area contributed by atoms with Gasteiger partial charge in [0.15, 0.2) is 0 Å². The molecular weight excluding hydrogens is 304 g/mol. The molecule has 7 nitrogen and oxygen atoms in total. The molecule has 0 fully saturated rings. The second-order valence-corrected chi connectivity index (χ2v) is 6.02. The minimum Gasteiger partial charge on any atom is -0.369 e. The van der Waals surface area contributed by atoms with E-state index in [1.165, 1.54) is 5.56 Å². The number of nitrogens with one attached hydrogen (secondary N) is 1. The standard InChI is InChI=1S/C17H20N6O/c1-22-10-13(8-19-22)7-18-9-15-11-23-16(12-24-15)17(20-21-23)14-5-3-2-4-6-14/h2-6,8,10,15,18H,7,9,11-12H2,1H3/t15-/m0/s1. The van der Waals surface area contributed by atoms with Crippen molar-refractivity contribution in [1.29, 1.82) is 0 Å². The van der Waals surface area contributed by atoms with Crippen molar-refractivity contribution in [2.75, 3.05) is 6.54 Å². The molecule has 0 aliphatic carbocycles. The average Bonchev–Trinajstić information content (AvgIpc) is 3.21. The lowest BCUT2D eigenvalue weighted by Crippen LogP contribution is -2.36. The number of ether oxygens (including phenoxy) is 1. The maximum absolute atomic E-state index is 5.98. The normalized spacial score (nSPS) is 17.0. The van der Waals surface area contributed by atoms with Crippen LogP contribution < -0.4 is 5.32 Å². The Morgan fingerprint density at radius 1 is 1.29 bits per heavy atom. The highest BCUT2D eigenvalue weighted by Gasteiger charge is 2.24. The molecule has 124 valence electrons. The molecule has 1 atom stereocenters. The van der Waals surface area contributed by atoms with Crippen molar-refractivity contribution in [3.8, 4) is 11.3 Å². The Balaban J connectivity index is 1.37. The number of benzene rings is 1. The Morgan fingerprint density at radius 2 is 2.17 bits per heavy atom. The summed E-state index contributed by atoms with van der Waals surface area (Å²) in [6.45, 7) is 2.81. The summed E-state index contributed by atoms with van der Waals surface area (Å²) in [6.07, 6.45) is 3.98. The summed E-state index contributed by atoms with van der Waals surface area (Å²) in [5.41, 5.74) is 4.21.